The summed E-state index contributed by atoms with van der Waals surface area (Å²) >= 11 is 3.45. The van der Waals surface area contributed by atoms with Crippen LogP contribution in [-0.2, 0) is 6.54 Å². The molecule has 1 aromatic heterocycles. The zero-order valence-corrected chi connectivity index (χ0v) is 11.9. The first-order chi connectivity index (χ1) is 8.72. The van der Waals surface area contributed by atoms with Crippen molar-refractivity contribution in [3.63, 3.8) is 0 Å². The van der Waals surface area contributed by atoms with Crippen molar-refractivity contribution in [2.75, 3.05) is 0 Å². The van der Waals surface area contributed by atoms with E-state index in [9.17, 15) is 0 Å². The Morgan fingerprint density at radius 3 is 2.72 bits per heavy atom. The predicted octanol–water partition coefficient (Wildman–Crippen LogP) is 3.40. The van der Waals surface area contributed by atoms with Crippen LogP contribution in [0.4, 0.5) is 0 Å². The number of aryl methyl sites for hydroxylation is 1. The SMILES string of the molecule is Cc1[nH]c(CNC2CC2)nc1-c1ccc(Br)cc1. The molecule has 0 spiro atoms. The molecule has 0 unspecified atom stereocenters. The first kappa shape index (κ1) is 11.9. The molecule has 1 aromatic carbocycles. The fourth-order valence-electron chi connectivity index (χ4n) is 2.02. The zero-order chi connectivity index (χ0) is 12.5. The van der Waals surface area contributed by atoms with Gasteiger partial charge < -0.3 is 10.3 Å². The second-order valence-corrected chi connectivity index (χ2v) is 5.73. The summed E-state index contributed by atoms with van der Waals surface area (Å²) in [6.45, 7) is 2.91. The quantitative estimate of drug-likeness (QED) is 0.909. The van der Waals surface area contributed by atoms with Gasteiger partial charge in [-0.1, -0.05) is 28.1 Å². The van der Waals surface area contributed by atoms with Crippen molar-refractivity contribution in [1.82, 2.24) is 15.3 Å². The van der Waals surface area contributed by atoms with Gasteiger partial charge in [-0.15, -0.1) is 0 Å². The predicted molar refractivity (Wildman–Crippen MR) is 76.3 cm³/mol. The van der Waals surface area contributed by atoms with Gasteiger partial charge in [0.15, 0.2) is 0 Å². The number of aromatic nitrogens is 2. The highest BCUT2D eigenvalue weighted by Crippen LogP contribution is 2.24. The lowest BCUT2D eigenvalue weighted by Crippen LogP contribution is -2.16. The zero-order valence-electron chi connectivity index (χ0n) is 10.3. The minimum absolute atomic E-state index is 0.714. The summed E-state index contributed by atoms with van der Waals surface area (Å²) in [6, 6.07) is 8.99. The molecule has 0 amide bonds. The second kappa shape index (κ2) is 4.86. The van der Waals surface area contributed by atoms with Crippen molar-refractivity contribution in [3.8, 4) is 11.3 Å². The van der Waals surface area contributed by atoms with Crippen molar-refractivity contribution in [2.24, 2.45) is 0 Å². The van der Waals surface area contributed by atoms with Crippen LogP contribution in [0.2, 0.25) is 0 Å². The normalized spacial score (nSPS) is 15.0. The molecule has 0 saturated heterocycles. The van der Waals surface area contributed by atoms with E-state index in [1.807, 2.05) is 12.1 Å². The molecule has 1 aliphatic rings. The summed E-state index contributed by atoms with van der Waals surface area (Å²) in [7, 11) is 0. The lowest BCUT2D eigenvalue weighted by molar-refractivity contribution is 0.663. The van der Waals surface area contributed by atoms with Crippen LogP contribution >= 0.6 is 15.9 Å². The molecule has 1 fully saturated rings. The molecule has 1 aliphatic carbocycles. The summed E-state index contributed by atoms with van der Waals surface area (Å²) in [5.74, 6) is 1.03. The Morgan fingerprint density at radius 1 is 1.33 bits per heavy atom. The van der Waals surface area contributed by atoms with Crippen LogP contribution in [0.15, 0.2) is 28.7 Å². The topological polar surface area (TPSA) is 40.7 Å². The first-order valence-electron chi connectivity index (χ1n) is 6.27. The third-order valence-corrected chi connectivity index (χ3v) is 3.72. The summed E-state index contributed by atoms with van der Waals surface area (Å²) in [5.41, 5.74) is 3.34. The third kappa shape index (κ3) is 2.65. The van der Waals surface area contributed by atoms with Crippen LogP contribution in [-0.4, -0.2) is 16.0 Å². The molecule has 0 atom stereocenters. The molecule has 94 valence electrons. The van der Waals surface area contributed by atoms with Crippen LogP contribution in [0.1, 0.15) is 24.4 Å². The standard InChI is InChI=1S/C14H16BrN3/c1-9-14(10-2-4-11(15)5-3-10)18-13(17-9)8-16-12-6-7-12/h2-5,12,16H,6-8H2,1H3,(H,17,18). The fourth-order valence-corrected chi connectivity index (χ4v) is 2.29. The van der Waals surface area contributed by atoms with Crippen molar-refractivity contribution in [2.45, 2.75) is 32.4 Å². The average molecular weight is 306 g/mol. The molecule has 0 radical (unpaired) electrons. The van der Waals surface area contributed by atoms with E-state index in [1.54, 1.807) is 0 Å². The molecule has 3 rings (SSSR count). The van der Waals surface area contributed by atoms with Crippen LogP contribution in [0.3, 0.4) is 0 Å². The average Bonchev–Trinajstić information content (AvgIpc) is 3.12. The Hall–Kier alpha value is -1.13. The largest absolute Gasteiger partial charge is 0.344 e. The Balaban J connectivity index is 1.80. The molecule has 2 N–H and O–H groups in total. The van der Waals surface area contributed by atoms with E-state index in [0.29, 0.717) is 6.04 Å². The van der Waals surface area contributed by atoms with E-state index in [4.69, 9.17) is 0 Å². The summed E-state index contributed by atoms with van der Waals surface area (Å²) < 4.78 is 1.09. The van der Waals surface area contributed by atoms with Crippen molar-refractivity contribution in [3.05, 3.63) is 40.3 Å². The minimum Gasteiger partial charge on any atom is -0.344 e. The maximum atomic E-state index is 4.68. The Bertz CT molecular complexity index is 541. The van der Waals surface area contributed by atoms with E-state index in [-0.39, 0.29) is 0 Å². The highest BCUT2D eigenvalue weighted by atomic mass is 79.9. The van der Waals surface area contributed by atoms with E-state index >= 15 is 0 Å². The van der Waals surface area contributed by atoms with Gasteiger partial charge in [-0.25, -0.2) is 4.98 Å². The number of H-pyrrole nitrogens is 1. The maximum Gasteiger partial charge on any atom is 0.121 e. The Labute approximate surface area is 115 Å². The van der Waals surface area contributed by atoms with Gasteiger partial charge in [0.25, 0.3) is 0 Å². The van der Waals surface area contributed by atoms with Crippen molar-refractivity contribution >= 4 is 15.9 Å². The van der Waals surface area contributed by atoms with E-state index in [1.165, 1.54) is 12.8 Å². The Morgan fingerprint density at radius 2 is 2.06 bits per heavy atom. The number of aromatic amines is 1. The van der Waals surface area contributed by atoms with E-state index < -0.39 is 0 Å². The van der Waals surface area contributed by atoms with Gasteiger partial charge >= 0.3 is 0 Å². The molecule has 3 nitrogen and oxygen atoms in total. The molecular formula is C14H16BrN3. The van der Waals surface area contributed by atoms with E-state index in [2.05, 4.69) is 50.3 Å². The first-order valence-corrected chi connectivity index (χ1v) is 7.06. The fraction of sp³-hybridized carbons (Fsp3) is 0.357. The van der Waals surface area contributed by atoms with Gasteiger partial charge in [-0.2, -0.15) is 0 Å². The van der Waals surface area contributed by atoms with E-state index in [0.717, 1.165) is 33.8 Å². The van der Waals surface area contributed by atoms with Crippen LogP contribution in [0.25, 0.3) is 11.3 Å². The van der Waals surface area contributed by atoms with Gasteiger partial charge in [0, 0.05) is 21.8 Å². The number of imidazole rings is 1. The smallest absolute Gasteiger partial charge is 0.121 e. The molecule has 18 heavy (non-hydrogen) atoms. The van der Waals surface area contributed by atoms with Gasteiger partial charge in [0.05, 0.1) is 12.2 Å². The van der Waals surface area contributed by atoms with Gasteiger partial charge in [0.1, 0.15) is 5.82 Å². The number of benzene rings is 1. The highest BCUT2D eigenvalue weighted by Gasteiger charge is 2.20. The molecule has 0 bridgehead atoms. The molecular weight excluding hydrogens is 290 g/mol. The molecule has 1 saturated carbocycles. The molecule has 1 heterocycles. The van der Waals surface area contributed by atoms with Crippen molar-refractivity contribution < 1.29 is 0 Å². The maximum absolute atomic E-state index is 4.68. The monoisotopic (exact) mass is 305 g/mol. The third-order valence-electron chi connectivity index (χ3n) is 3.19. The summed E-state index contributed by atoms with van der Waals surface area (Å²) in [6.07, 6.45) is 2.61. The van der Waals surface area contributed by atoms with Crippen LogP contribution in [0.5, 0.6) is 0 Å². The number of nitrogens with one attached hydrogen (secondary N) is 2. The highest BCUT2D eigenvalue weighted by molar-refractivity contribution is 9.10. The van der Waals surface area contributed by atoms with Crippen LogP contribution < -0.4 is 5.32 Å². The number of hydrogen-bond donors (Lipinski definition) is 2. The van der Waals surface area contributed by atoms with Crippen LogP contribution in [0, 0.1) is 6.92 Å². The van der Waals surface area contributed by atoms with Gasteiger partial charge in [-0.05, 0) is 31.9 Å². The molecule has 4 heteroatoms. The number of rotatable bonds is 4. The van der Waals surface area contributed by atoms with Gasteiger partial charge in [-0.3, -0.25) is 0 Å². The second-order valence-electron chi connectivity index (χ2n) is 4.82. The lowest BCUT2D eigenvalue weighted by Gasteiger charge is -1.99. The lowest BCUT2D eigenvalue weighted by atomic mass is 10.1. The summed E-state index contributed by atoms with van der Waals surface area (Å²) in [4.78, 5) is 8.03. The number of halogens is 1. The summed E-state index contributed by atoms with van der Waals surface area (Å²) in [5, 5.41) is 3.47. The van der Waals surface area contributed by atoms with Gasteiger partial charge in [0.2, 0.25) is 0 Å². The Kier molecular flexibility index (Phi) is 3.22. The number of hydrogen-bond acceptors (Lipinski definition) is 2. The number of nitrogens with zero attached hydrogens (tertiary/aromatic N) is 1. The van der Waals surface area contributed by atoms with Crippen molar-refractivity contribution in [1.29, 1.82) is 0 Å². The molecule has 0 aliphatic heterocycles. The minimum atomic E-state index is 0.714. The molecule has 2 aromatic rings.